The Balaban J connectivity index is 3.33. The molecule has 0 aliphatic carbocycles. The van der Waals surface area contributed by atoms with Crippen LogP contribution in [0.2, 0.25) is 5.02 Å². The number of benzene rings is 1. The minimum Gasteiger partial charge on any atom is -0.374 e. The number of halogens is 3. The van der Waals surface area contributed by atoms with E-state index in [0.717, 1.165) is 0 Å². The first kappa shape index (κ1) is 9.81. The van der Waals surface area contributed by atoms with E-state index in [1.807, 2.05) is 0 Å². The fraction of sp³-hybridized carbons (Fsp3) is 0.250. The fourth-order valence-corrected chi connectivity index (χ4v) is 1.56. The maximum atomic E-state index is 13.3. The first-order valence-electron chi connectivity index (χ1n) is 3.35. The molecular formula is C8H8BrClFN. The molecule has 0 spiro atoms. The number of anilines is 1. The van der Waals surface area contributed by atoms with E-state index >= 15 is 0 Å². The molecule has 0 heterocycles. The largest absolute Gasteiger partial charge is 0.374 e. The van der Waals surface area contributed by atoms with Crippen LogP contribution in [0.4, 0.5) is 10.1 Å². The Labute approximate surface area is 84.3 Å². The van der Waals surface area contributed by atoms with Crippen LogP contribution in [-0.4, -0.2) is 14.1 Å². The summed E-state index contributed by atoms with van der Waals surface area (Å²) in [7, 11) is 3.49. The lowest BCUT2D eigenvalue weighted by Gasteiger charge is -2.15. The van der Waals surface area contributed by atoms with E-state index in [-0.39, 0.29) is 5.82 Å². The van der Waals surface area contributed by atoms with Gasteiger partial charge in [0, 0.05) is 14.1 Å². The van der Waals surface area contributed by atoms with Gasteiger partial charge in [0.25, 0.3) is 0 Å². The Kier molecular flexibility index (Phi) is 2.96. The maximum Gasteiger partial charge on any atom is 0.162 e. The average molecular weight is 253 g/mol. The van der Waals surface area contributed by atoms with Crippen molar-refractivity contribution in [3.63, 3.8) is 0 Å². The third-order valence-corrected chi connectivity index (χ3v) is 2.38. The third kappa shape index (κ3) is 1.72. The van der Waals surface area contributed by atoms with Gasteiger partial charge in [-0.2, -0.15) is 0 Å². The first-order valence-corrected chi connectivity index (χ1v) is 4.52. The van der Waals surface area contributed by atoms with Crippen molar-refractivity contribution in [2.45, 2.75) is 0 Å². The minimum absolute atomic E-state index is 0.326. The van der Waals surface area contributed by atoms with E-state index < -0.39 is 0 Å². The van der Waals surface area contributed by atoms with Crippen molar-refractivity contribution in [1.82, 2.24) is 0 Å². The standard InChI is InChI=1S/C8H8BrClFN/c1-12(2)8-6(10)4-3-5(9)7(8)11/h3-4H,1-2H3. The van der Waals surface area contributed by atoms with Crippen LogP contribution in [0.5, 0.6) is 0 Å². The molecule has 0 saturated carbocycles. The molecule has 0 fully saturated rings. The quantitative estimate of drug-likeness (QED) is 0.693. The van der Waals surface area contributed by atoms with Crippen LogP contribution >= 0.6 is 27.5 Å². The third-order valence-electron chi connectivity index (χ3n) is 1.47. The van der Waals surface area contributed by atoms with Crippen molar-refractivity contribution >= 4 is 33.2 Å². The zero-order chi connectivity index (χ0) is 9.30. The number of hydrogen-bond donors (Lipinski definition) is 0. The number of rotatable bonds is 1. The second-order valence-corrected chi connectivity index (χ2v) is 3.85. The SMILES string of the molecule is CN(C)c1c(Cl)ccc(Br)c1F. The van der Waals surface area contributed by atoms with E-state index in [0.29, 0.717) is 15.2 Å². The molecule has 12 heavy (non-hydrogen) atoms. The summed E-state index contributed by atoms with van der Waals surface area (Å²) < 4.78 is 13.8. The monoisotopic (exact) mass is 251 g/mol. The summed E-state index contributed by atoms with van der Waals surface area (Å²) in [6, 6.07) is 3.24. The smallest absolute Gasteiger partial charge is 0.162 e. The van der Waals surface area contributed by atoms with Crippen molar-refractivity contribution in [1.29, 1.82) is 0 Å². The highest BCUT2D eigenvalue weighted by molar-refractivity contribution is 9.10. The van der Waals surface area contributed by atoms with E-state index in [1.54, 1.807) is 31.1 Å². The highest BCUT2D eigenvalue weighted by Crippen LogP contribution is 2.31. The zero-order valence-corrected chi connectivity index (χ0v) is 9.08. The predicted octanol–water partition coefficient (Wildman–Crippen LogP) is 3.31. The summed E-state index contributed by atoms with van der Waals surface area (Å²) >= 11 is 8.88. The molecule has 1 nitrogen and oxygen atoms in total. The van der Waals surface area contributed by atoms with Gasteiger partial charge in [-0.3, -0.25) is 0 Å². The molecule has 66 valence electrons. The van der Waals surface area contributed by atoms with Gasteiger partial charge in [0.15, 0.2) is 5.82 Å². The second-order valence-electron chi connectivity index (χ2n) is 2.59. The van der Waals surface area contributed by atoms with Crippen molar-refractivity contribution < 1.29 is 4.39 Å². The second kappa shape index (κ2) is 3.62. The van der Waals surface area contributed by atoms with Crippen LogP contribution in [0, 0.1) is 5.82 Å². The highest BCUT2D eigenvalue weighted by atomic mass is 79.9. The van der Waals surface area contributed by atoms with Crippen molar-refractivity contribution in [3.8, 4) is 0 Å². The van der Waals surface area contributed by atoms with Crippen LogP contribution in [0.15, 0.2) is 16.6 Å². The Hall–Kier alpha value is -0.280. The number of hydrogen-bond acceptors (Lipinski definition) is 1. The Morgan fingerprint density at radius 2 is 2.00 bits per heavy atom. The molecule has 4 heteroatoms. The van der Waals surface area contributed by atoms with Gasteiger partial charge in [-0.1, -0.05) is 11.6 Å². The maximum absolute atomic E-state index is 13.3. The molecule has 0 atom stereocenters. The van der Waals surface area contributed by atoms with Crippen LogP contribution in [0.25, 0.3) is 0 Å². The number of nitrogens with zero attached hydrogens (tertiary/aromatic N) is 1. The normalized spacial score (nSPS) is 10.1. The summed E-state index contributed by atoms with van der Waals surface area (Å²) in [6.45, 7) is 0. The molecule has 0 N–H and O–H groups in total. The van der Waals surface area contributed by atoms with Gasteiger partial charge in [-0.25, -0.2) is 4.39 Å². The van der Waals surface area contributed by atoms with Gasteiger partial charge in [0.05, 0.1) is 15.2 Å². The summed E-state index contributed by atoms with van der Waals surface area (Å²) in [4.78, 5) is 1.64. The van der Waals surface area contributed by atoms with Gasteiger partial charge < -0.3 is 4.90 Å². The lowest BCUT2D eigenvalue weighted by molar-refractivity contribution is 0.619. The van der Waals surface area contributed by atoms with Crippen LogP contribution in [0.3, 0.4) is 0 Å². The summed E-state index contributed by atoms with van der Waals surface area (Å²) in [6.07, 6.45) is 0. The summed E-state index contributed by atoms with van der Waals surface area (Å²) in [5, 5.41) is 0.417. The Morgan fingerprint density at radius 1 is 1.42 bits per heavy atom. The zero-order valence-electron chi connectivity index (χ0n) is 6.74. The molecule has 1 rings (SSSR count). The summed E-state index contributed by atoms with van der Waals surface area (Å²) in [5.74, 6) is -0.326. The fourth-order valence-electron chi connectivity index (χ4n) is 0.926. The van der Waals surface area contributed by atoms with Crippen LogP contribution in [0.1, 0.15) is 0 Å². The molecule has 0 aliphatic heterocycles. The van der Waals surface area contributed by atoms with Crippen LogP contribution in [-0.2, 0) is 0 Å². The molecule has 0 saturated heterocycles. The van der Waals surface area contributed by atoms with E-state index in [9.17, 15) is 4.39 Å². The van der Waals surface area contributed by atoms with Gasteiger partial charge in [0.2, 0.25) is 0 Å². The van der Waals surface area contributed by atoms with Gasteiger partial charge in [0.1, 0.15) is 0 Å². The first-order chi connectivity index (χ1) is 5.54. The van der Waals surface area contributed by atoms with Gasteiger partial charge in [-0.15, -0.1) is 0 Å². The predicted molar refractivity (Wildman–Crippen MR) is 53.4 cm³/mol. The molecule has 0 aliphatic rings. The van der Waals surface area contributed by atoms with Crippen molar-refractivity contribution in [2.24, 2.45) is 0 Å². The Bertz CT molecular complexity index is 301. The van der Waals surface area contributed by atoms with E-state index in [1.165, 1.54) is 0 Å². The van der Waals surface area contributed by atoms with Crippen LogP contribution < -0.4 is 4.90 Å². The highest BCUT2D eigenvalue weighted by Gasteiger charge is 2.11. The summed E-state index contributed by atoms with van der Waals surface area (Å²) in [5.41, 5.74) is 0.408. The molecular weight excluding hydrogens is 244 g/mol. The van der Waals surface area contributed by atoms with Gasteiger partial charge >= 0.3 is 0 Å². The van der Waals surface area contributed by atoms with Crippen molar-refractivity contribution in [2.75, 3.05) is 19.0 Å². The van der Waals surface area contributed by atoms with E-state index in [4.69, 9.17) is 11.6 Å². The Morgan fingerprint density at radius 3 is 2.42 bits per heavy atom. The molecule has 0 amide bonds. The topological polar surface area (TPSA) is 3.24 Å². The molecule has 0 radical (unpaired) electrons. The lowest BCUT2D eigenvalue weighted by Crippen LogP contribution is -2.11. The molecule has 1 aromatic carbocycles. The molecule has 0 aromatic heterocycles. The van der Waals surface area contributed by atoms with Crippen molar-refractivity contribution in [3.05, 3.63) is 27.4 Å². The molecule has 0 bridgehead atoms. The molecule has 0 unspecified atom stereocenters. The van der Waals surface area contributed by atoms with E-state index in [2.05, 4.69) is 15.9 Å². The molecule has 1 aromatic rings. The average Bonchev–Trinajstić information content (AvgIpc) is 1.97. The lowest BCUT2D eigenvalue weighted by atomic mass is 10.3. The van der Waals surface area contributed by atoms with Gasteiger partial charge in [-0.05, 0) is 28.1 Å². The minimum atomic E-state index is -0.326.